The molecule has 0 fully saturated rings. The molecule has 0 radical (unpaired) electrons. The van der Waals surface area contributed by atoms with E-state index in [1.54, 1.807) is 0 Å². The third kappa shape index (κ3) is 4.25. The van der Waals surface area contributed by atoms with Crippen molar-refractivity contribution in [3.8, 4) is 5.75 Å². The van der Waals surface area contributed by atoms with Crippen LogP contribution in [0.2, 0.25) is 0 Å². The molecule has 1 heterocycles. The lowest BCUT2D eigenvalue weighted by Gasteiger charge is -2.21. The van der Waals surface area contributed by atoms with Crippen LogP contribution in [0.15, 0.2) is 35.7 Å². The first-order valence-electron chi connectivity index (χ1n) is 6.76. The van der Waals surface area contributed by atoms with E-state index in [2.05, 4.69) is 14.9 Å². The summed E-state index contributed by atoms with van der Waals surface area (Å²) in [7, 11) is -3.72. The van der Waals surface area contributed by atoms with Gasteiger partial charge in [0.1, 0.15) is 12.1 Å². The van der Waals surface area contributed by atoms with Crippen LogP contribution in [-0.2, 0) is 21.1 Å². The summed E-state index contributed by atoms with van der Waals surface area (Å²) in [5, 5.41) is 7.26. The Hall–Kier alpha value is -2.03. The van der Waals surface area contributed by atoms with Crippen molar-refractivity contribution < 1.29 is 21.9 Å². The number of hydrogen-bond acceptors (Lipinski definition) is 5. The van der Waals surface area contributed by atoms with Crippen LogP contribution in [0.1, 0.15) is 26.3 Å². The predicted octanol–water partition coefficient (Wildman–Crippen LogP) is 2.61. The van der Waals surface area contributed by atoms with Gasteiger partial charge in [-0.15, -0.1) is 10.2 Å². The van der Waals surface area contributed by atoms with Gasteiger partial charge in [0.15, 0.2) is 0 Å². The zero-order valence-electron chi connectivity index (χ0n) is 12.9. The van der Waals surface area contributed by atoms with E-state index in [0.29, 0.717) is 5.56 Å². The van der Waals surface area contributed by atoms with Crippen molar-refractivity contribution in [2.75, 3.05) is 0 Å². The van der Waals surface area contributed by atoms with Crippen molar-refractivity contribution in [1.29, 1.82) is 0 Å². The monoisotopic (exact) mass is 345 g/mol. The number of benzene rings is 1. The average Bonchev–Trinajstić information content (AvgIpc) is 2.90. The molecule has 0 bridgehead atoms. The lowest BCUT2D eigenvalue weighted by Crippen LogP contribution is -2.25. The topological polar surface area (TPSA) is 74.1 Å². The Balaban J connectivity index is 2.24. The number of rotatable bonds is 5. The van der Waals surface area contributed by atoms with E-state index >= 15 is 0 Å². The van der Waals surface area contributed by atoms with Crippen molar-refractivity contribution in [1.82, 2.24) is 14.8 Å². The Bertz CT molecular complexity index is 765. The van der Waals surface area contributed by atoms with Crippen molar-refractivity contribution in [3.63, 3.8) is 0 Å². The van der Waals surface area contributed by atoms with E-state index in [1.165, 1.54) is 35.2 Å². The van der Waals surface area contributed by atoms with Crippen LogP contribution >= 0.6 is 0 Å². The third-order valence-electron chi connectivity index (χ3n) is 3.02. The van der Waals surface area contributed by atoms with Gasteiger partial charge in [-0.1, -0.05) is 12.1 Å². The summed E-state index contributed by atoms with van der Waals surface area (Å²) in [4.78, 5) is 0. The fourth-order valence-electron chi connectivity index (χ4n) is 1.95. The molecule has 126 valence electrons. The predicted molar refractivity (Wildman–Crippen MR) is 79.0 cm³/mol. The molecular formula is C14H17F2N3O3S. The quantitative estimate of drug-likeness (QED) is 0.833. The van der Waals surface area contributed by atoms with Gasteiger partial charge in [-0.25, -0.2) is 8.42 Å². The molecule has 1 aromatic carbocycles. The molecule has 1 aromatic heterocycles. The lowest BCUT2D eigenvalue weighted by atomic mass is 10.1. The second-order valence-electron chi connectivity index (χ2n) is 5.94. The van der Waals surface area contributed by atoms with E-state index in [1.807, 2.05) is 20.8 Å². The van der Waals surface area contributed by atoms with E-state index < -0.39 is 22.0 Å². The number of sulfone groups is 1. The van der Waals surface area contributed by atoms with Gasteiger partial charge >= 0.3 is 6.61 Å². The van der Waals surface area contributed by atoms with Crippen LogP contribution in [0.5, 0.6) is 5.75 Å². The molecule has 2 rings (SSSR count). The van der Waals surface area contributed by atoms with Crippen molar-refractivity contribution in [2.24, 2.45) is 0 Å². The number of ether oxygens (including phenoxy) is 1. The molecule has 0 aliphatic carbocycles. The zero-order chi connectivity index (χ0) is 17.3. The highest BCUT2D eigenvalue weighted by Gasteiger charge is 2.27. The summed E-state index contributed by atoms with van der Waals surface area (Å²) in [6.45, 7) is 2.60. The fourth-order valence-corrected chi connectivity index (χ4v) is 3.50. The molecule has 0 N–H and O–H groups in total. The Kier molecular flexibility index (Phi) is 4.69. The van der Waals surface area contributed by atoms with Crippen LogP contribution in [0.3, 0.4) is 0 Å². The largest absolute Gasteiger partial charge is 0.435 e. The Morgan fingerprint density at radius 2 is 1.83 bits per heavy atom. The van der Waals surface area contributed by atoms with Gasteiger partial charge in [-0.3, -0.25) is 4.57 Å². The molecule has 0 saturated heterocycles. The molecular weight excluding hydrogens is 328 g/mol. The second-order valence-corrected chi connectivity index (χ2v) is 7.82. The molecule has 0 aliphatic rings. The van der Waals surface area contributed by atoms with Crippen molar-refractivity contribution in [3.05, 3.63) is 36.2 Å². The van der Waals surface area contributed by atoms with Crippen molar-refractivity contribution >= 4 is 9.84 Å². The number of nitrogens with zero attached hydrogens (tertiary/aromatic N) is 3. The normalized spacial score (nSPS) is 12.6. The first-order chi connectivity index (χ1) is 10.6. The molecule has 9 heteroatoms. The molecule has 23 heavy (non-hydrogen) atoms. The fraction of sp³-hybridized carbons (Fsp3) is 0.429. The Morgan fingerprint density at radius 1 is 1.22 bits per heavy atom. The summed E-state index contributed by atoms with van der Waals surface area (Å²) >= 11 is 0. The molecule has 0 saturated carbocycles. The second kappa shape index (κ2) is 6.23. The SMILES string of the molecule is CC(C)(C)n1cnnc1S(=O)(=O)Cc1ccc(OC(F)F)cc1. The number of halogens is 2. The standard InChI is InChI=1S/C14H17F2N3O3S/c1-14(2,3)19-9-17-18-13(19)23(20,21)8-10-4-6-11(7-5-10)22-12(15)16/h4-7,9,12H,8H2,1-3H3. The molecule has 6 nitrogen and oxygen atoms in total. The minimum Gasteiger partial charge on any atom is -0.435 e. The van der Waals surface area contributed by atoms with Crippen LogP contribution in [-0.4, -0.2) is 29.8 Å². The molecule has 0 spiro atoms. The lowest BCUT2D eigenvalue weighted by molar-refractivity contribution is -0.0498. The van der Waals surface area contributed by atoms with Gasteiger partial charge in [0.25, 0.3) is 0 Å². The van der Waals surface area contributed by atoms with E-state index in [4.69, 9.17) is 0 Å². The minimum absolute atomic E-state index is 0.0287. The summed E-state index contributed by atoms with van der Waals surface area (Å²) in [5.74, 6) is -0.337. The number of hydrogen-bond donors (Lipinski definition) is 0. The maximum Gasteiger partial charge on any atom is 0.387 e. The third-order valence-corrected chi connectivity index (χ3v) is 4.57. The summed E-state index contributed by atoms with van der Waals surface area (Å²) in [6, 6.07) is 5.44. The number of aromatic nitrogens is 3. The maximum atomic E-state index is 12.5. The number of alkyl halides is 2. The van der Waals surface area contributed by atoms with Crippen molar-refractivity contribution in [2.45, 2.75) is 43.8 Å². The molecule has 0 unspecified atom stereocenters. The minimum atomic E-state index is -3.72. The van der Waals surface area contributed by atoms with E-state index in [0.717, 1.165) is 0 Å². The van der Waals surface area contributed by atoms with Gasteiger partial charge in [0.05, 0.1) is 5.75 Å². The maximum absolute atomic E-state index is 12.5. The van der Waals surface area contributed by atoms with Crippen LogP contribution < -0.4 is 4.74 Å². The van der Waals surface area contributed by atoms with E-state index in [-0.39, 0.29) is 16.7 Å². The smallest absolute Gasteiger partial charge is 0.387 e. The van der Waals surface area contributed by atoms with E-state index in [9.17, 15) is 17.2 Å². The Morgan fingerprint density at radius 3 is 2.35 bits per heavy atom. The average molecular weight is 345 g/mol. The van der Waals surface area contributed by atoms with Gasteiger partial charge in [0.2, 0.25) is 15.0 Å². The van der Waals surface area contributed by atoms with Crippen LogP contribution in [0.25, 0.3) is 0 Å². The van der Waals surface area contributed by atoms with Crippen LogP contribution in [0, 0.1) is 0 Å². The first-order valence-corrected chi connectivity index (χ1v) is 8.42. The highest BCUT2D eigenvalue weighted by molar-refractivity contribution is 7.90. The molecule has 2 aromatic rings. The van der Waals surface area contributed by atoms with Gasteiger partial charge < -0.3 is 4.74 Å². The molecule has 0 atom stereocenters. The zero-order valence-corrected chi connectivity index (χ0v) is 13.7. The summed E-state index contributed by atoms with van der Waals surface area (Å²) in [6.07, 6.45) is 1.37. The van der Waals surface area contributed by atoms with Gasteiger partial charge in [-0.2, -0.15) is 8.78 Å². The Labute approximate surface area is 133 Å². The highest BCUT2D eigenvalue weighted by Crippen LogP contribution is 2.22. The van der Waals surface area contributed by atoms with Crippen LogP contribution in [0.4, 0.5) is 8.78 Å². The summed E-state index contributed by atoms with van der Waals surface area (Å²) < 4.78 is 54.9. The van der Waals surface area contributed by atoms with Gasteiger partial charge in [0, 0.05) is 5.54 Å². The first kappa shape index (κ1) is 17.3. The summed E-state index contributed by atoms with van der Waals surface area (Å²) in [5.41, 5.74) is -0.0454. The highest BCUT2D eigenvalue weighted by atomic mass is 32.2. The molecule has 0 aliphatic heterocycles. The van der Waals surface area contributed by atoms with Gasteiger partial charge in [-0.05, 0) is 38.5 Å². The molecule has 0 amide bonds.